The minimum Gasteiger partial charge on any atom is -0.381 e. The van der Waals surface area contributed by atoms with Gasteiger partial charge in [0.2, 0.25) is 0 Å². The molecule has 0 aromatic rings. The summed E-state index contributed by atoms with van der Waals surface area (Å²) in [6.45, 7) is 7.98. The van der Waals surface area contributed by atoms with E-state index >= 15 is 0 Å². The number of thioether (sulfide) groups is 1. The first kappa shape index (κ1) is 14.3. The van der Waals surface area contributed by atoms with Gasteiger partial charge in [-0.3, -0.25) is 0 Å². The van der Waals surface area contributed by atoms with Gasteiger partial charge in [0, 0.05) is 30.2 Å². The Balaban J connectivity index is 2.02. The van der Waals surface area contributed by atoms with Crippen molar-refractivity contribution in [1.82, 2.24) is 5.32 Å². The van der Waals surface area contributed by atoms with Crippen LogP contribution in [0.4, 0.5) is 0 Å². The molecule has 2 nitrogen and oxygen atoms in total. The van der Waals surface area contributed by atoms with E-state index in [0.29, 0.717) is 10.9 Å². The quantitative estimate of drug-likeness (QED) is 0.752. The highest BCUT2D eigenvalue weighted by molar-refractivity contribution is 8.00. The lowest BCUT2D eigenvalue weighted by Crippen LogP contribution is -2.36. The zero-order valence-electron chi connectivity index (χ0n) is 11.2. The fraction of sp³-hybridized carbons (Fsp3) is 1.00. The van der Waals surface area contributed by atoms with Gasteiger partial charge in [-0.05, 0) is 25.7 Å². The molecule has 0 saturated heterocycles. The molecule has 1 fully saturated rings. The zero-order valence-corrected chi connectivity index (χ0v) is 12.0. The zero-order chi connectivity index (χ0) is 12.0. The van der Waals surface area contributed by atoms with Gasteiger partial charge in [0.25, 0.3) is 0 Å². The third-order valence-electron chi connectivity index (χ3n) is 3.08. The van der Waals surface area contributed by atoms with E-state index in [-0.39, 0.29) is 0 Å². The van der Waals surface area contributed by atoms with Gasteiger partial charge >= 0.3 is 0 Å². The van der Waals surface area contributed by atoms with Crippen LogP contribution in [-0.4, -0.2) is 36.3 Å². The Morgan fingerprint density at radius 2 is 1.81 bits per heavy atom. The second-order valence-electron chi connectivity index (χ2n) is 5.62. The second-order valence-corrected chi connectivity index (χ2v) is 7.55. The van der Waals surface area contributed by atoms with Gasteiger partial charge in [0.15, 0.2) is 0 Å². The predicted octanol–water partition coefficient (Wildman–Crippen LogP) is 3.07. The molecule has 16 heavy (non-hydrogen) atoms. The number of hydrogen-bond donors (Lipinski definition) is 1. The molecule has 3 heteroatoms. The molecule has 0 radical (unpaired) electrons. The van der Waals surface area contributed by atoms with Crippen molar-refractivity contribution in [1.29, 1.82) is 0 Å². The molecule has 0 heterocycles. The monoisotopic (exact) mass is 245 g/mol. The Kier molecular flexibility index (Phi) is 6.16. The van der Waals surface area contributed by atoms with Gasteiger partial charge in [0.1, 0.15) is 0 Å². The summed E-state index contributed by atoms with van der Waals surface area (Å²) in [5.41, 5.74) is 0. The van der Waals surface area contributed by atoms with Gasteiger partial charge < -0.3 is 10.1 Å². The van der Waals surface area contributed by atoms with E-state index in [2.05, 4.69) is 26.1 Å². The van der Waals surface area contributed by atoms with Gasteiger partial charge in [0.05, 0.1) is 6.10 Å². The Hall–Kier alpha value is 0.270. The normalized spacial score (nSPS) is 27.0. The molecule has 1 aliphatic rings. The Bertz CT molecular complexity index is 183. The summed E-state index contributed by atoms with van der Waals surface area (Å²) in [4.78, 5) is 0. The molecule has 0 bridgehead atoms. The molecule has 1 rings (SSSR count). The molecule has 96 valence electrons. The van der Waals surface area contributed by atoms with Crippen LogP contribution in [0.25, 0.3) is 0 Å². The highest BCUT2D eigenvalue weighted by atomic mass is 32.2. The number of ether oxygens (including phenoxy) is 1. The van der Waals surface area contributed by atoms with E-state index in [9.17, 15) is 0 Å². The van der Waals surface area contributed by atoms with Crippen molar-refractivity contribution < 1.29 is 4.74 Å². The lowest BCUT2D eigenvalue weighted by Gasteiger charge is -2.28. The third-order valence-corrected chi connectivity index (χ3v) is 4.35. The summed E-state index contributed by atoms with van der Waals surface area (Å²) in [6.07, 6.45) is 5.51. The van der Waals surface area contributed by atoms with Crippen LogP contribution in [0.15, 0.2) is 0 Å². The fourth-order valence-electron chi connectivity index (χ4n) is 2.12. The summed E-state index contributed by atoms with van der Waals surface area (Å²) < 4.78 is 5.78. The lowest BCUT2D eigenvalue weighted by atomic mass is 9.93. The van der Waals surface area contributed by atoms with Gasteiger partial charge in [-0.1, -0.05) is 20.8 Å². The maximum Gasteiger partial charge on any atom is 0.0572 e. The van der Waals surface area contributed by atoms with E-state index in [1.54, 1.807) is 0 Å². The van der Waals surface area contributed by atoms with Gasteiger partial charge in [-0.15, -0.1) is 0 Å². The van der Waals surface area contributed by atoms with E-state index in [1.807, 2.05) is 18.9 Å². The Morgan fingerprint density at radius 3 is 2.31 bits per heavy atom. The maximum atomic E-state index is 5.38. The molecule has 0 aliphatic heterocycles. The van der Waals surface area contributed by atoms with Crippen LogP contribution in [0.3, 0.4) is 0 Å². The van der Waals surface area contributed by atoms with Crippen LogP contribution in [-0.2, 0) is 4.74 Å². The molecule has 0 aromatic carbocycles. The topological polar surface area (TPSA) is 21.3 Å². The molecule has 1 aliphatic carbocycles. The third kappa shape index (κ3) is 6.12. The van der Waals surface area contributed by atoms with Gasteiger partial charge in [-0.2, -0.15) is 11.8 Å². The number of rotatable bonds is 5. The van der Waals surface area contributed by atoms with Crippen LogP contribution in [0.1, 0.15) is 46.5 Å². The minimum absolute atomic E-state index is 0.398. The molecule has 0 aromatic heterocycles. The van der Waals surface area contributed by atoms with Crippen molar-refractivity contribution >= 4 is 11.8 Å². The van der Waals surface area contributed by atoms with Crippen molar-refractivity contribution in [2.24, 2.45) is 0 Å². The molecule has 0 atom stereocenters. The van der Waals surface area contributed by atoms with Crippen molar-refractivity contribution in [3.8, 4) is 0 Å². The summed E-state index contributed by atoms with van der Waals surface area (Å²) in [7, 11) is 1.83. The van der Waals surface area contributed by atoms with Crippen molar-refractivity contribution in [2.45, 2.75) is 63.3 Å². The molecule has 0 spiro atoms. The highest BCUT2D eigenvalue weighted by Crippen LogP contribution is 2.23. The second kappa shape index (κ2) is 6.87. The molecule has 0 unspecified atom stereocenters. The SMILES string of the molecule is COC1CCC(NCCSC(C)(C)C)CC1. The molecule has 1 N–H and O–H groups in total. The molecule has 1 saturated carbocycles. The fourth-order valence-corrected chi connectivity index (χ4v) is 2.96. The van der Waals surface area contributed by atoms with E-state index in [4.69, 9.17) is 4.74 Å². The van der Waals surface area contributed by atoms with Gasteiger partial charge in [-0.25, -0.2) is 0 Å². The van der Waals surface area contributed by atoms with Crippen molar-refractivity contribution in [2.75, 3.05) is 19.4 Å². The first-order chi connectivity index (χ1) is 7.51. The lowest BCUT2D eigenvalue weighted by molar-refractivity contribution is 0.0628. The Morgan fingerprint density at radius 1 is 1.19 bits per heavy atom. The molecule has 0 amide bonds. The largest absolute Gasteiger partial charge is 0.381 e. The average Bonchev–Trinajstić information content (AvgIpc) is 2.24. The number of nitrogens with one attached hydrogen (secondary N) is 1. The van der Waals surface area contributed by atoms with Crippen LogP contribution in [0.2, 0.25) is 0 Å². The predicted molar refractivity (Wildman–Crippen MR) is 73.3 cm³/mol. The van der Waals surface area contributed by atoms with E-state index < -0.39 is 0 Å². The number of methoxy groups -OCH3 is 1. The smallest absolute Gasteiger partial charge is 0.0572 e. The Labute approximate surface area is 105 Å². The summed E-state index contributed by atoms with van der Waals surface area (Å²) in [5.74, 6) is 1.22. The van der Waals surface area contributed by atoms with Crippen LogP contribution in [0.5, 0.6) is 0 Å². The van der Waals surface area contributed by atoms with Crippen LogP contribution in [0, 0.1) is 0 Å². The van der Waals surface area contributed by atoms with Crippen molar-refractivity contribution in [3.05, 3.63) is 0 Å². The summed E-state index contributed by atoms with van der Waals surface area (Å²) >= 11 is 2.04. The standard InChI is InChI=1S/C13H27NOS/c1-13(2,3)16-10-9-14-11-5-7-12(15-4)8-6-11/h11-12,14H,5-10H2,1-4H3. The molecular weight excluding hydrogens is 218 g/mol. The van der Waals surface area contributed by atoms with Crippen molar-refractivity contribution in [3.63, 3.8) is 0 Å². The van der Waals surface area contributed by atoms with E-state index in [0.717, 1.165) is 12.6 Å². The van der Waals surface area contributed by atoms with Crippen LogP contribution < -0.4 is 5.32 Å². The van der Waals surface area contributed by atoms with E-state index in [1.165, 1.54) is 31.4 Å². The molecular formula is C13H27NOS. The average molecular weight is 245 g/mol. The van der Waals surface area contributed by atoms with Crippen LogP contribution >= 0.6 is 11.8 Å². The first-order valence-corrected chi connectivity index (χ1v) is 7.40. The maximum absolute atomic E-state index is 5.38. The highest BCUT2D eigenvalue weighted by Gasteiger charge is 2.20. The first-order valence-electron chi connectivity index (χ1n) is 6.41. The minimum atomic E-state index is 0.398. The summed E-state index contributed by atoms with van der Waals surface area (Å²) in [6, 6.07) is 0.729. The number of hydrogen-bond acceptors (Lipinski definition) is 3. The summed E-state index contributed by atoms with van der Waals surface area (Å²) in [5, 5.41) is 3.66.